The smallest absolute Gasteiger partial charge is 0.274 e. The van der Waals surface area contributed by atoms with Crippen LogP contribution in [0.3, 0.4) is 0 Å². The highest BCUT2D eigenvalue weighted by Gasteiger charge is 2.27. The highest BCUT2D eigenvalue weighted by molar-refractivity contribution is 5.93. The fourth-order valence-electron chi connectivity index (χ4n) is 3.31. The molecular formula is C18H19N5O. The summed E-state index contributed by atoms with van der Waals surface area (Å²) in [5.74, 6) is 0.298. The highest BCUT2D eigenvalue weighted by atomic mass is 16.2. The van der Waals surface area contributed by atoms with E-state index < -0.39 is 0 Å². The van der Waals surface area contributed by atoms with Crippen LogP contribution in [0.25, 0.3) is 11.0 Å². The summed E-state index contributed by atoms with van der Waals surface area (Å²) in [7, 11) is 1.92. The van der Waals surface area contributed by atoms with E-state index in [9.17, 15) is 4.79 Å². The number of fused-ring (bicyclic) bond motifs is 1. The van der Waals surface area contributed by atoms with Gasteiger partial charge in [0.1, 0.15) is 5.69 Å². The van der Waals surface area contributed by atoms with Gasteiger partial charge in [0.15, 0.2) is 0 Å². The molecule has 1 unspecified atom stereocenters. The van der Waals surface area contributed by atoms with Gasteiger partial charge in [-0.3, -0.25) is 14.5 Å². The average molecular weight is 321 g/mol. The maximum atomic E-state index is 12.8. The number of rotatable bonds is 2. The van der Waals surface area contributed by atoms with Gasteiger partial charge in [-0.1, -0.05) is 12.1 Å². The number of nitrogens with zero attached hydrogens (tertiary/aromatic N) is 5. The van der Waals surface area contributed by atoms with Gasteiger partial charge in [-0.25, -0.2) is 4.98 Å². The fourth-order valence-corrected chi connectivity index (χ4v) is 3.31. The first-order chi connectivity index (χ1) is 11.7. The minimum Gasteiger partial charge on any atom is -0.337 e. The number of likely N-dealkylation sites (tertiary alicyclic amines) is 1. The van der Waals surface area contributed by atoms with E-state index in [1.54, 1.807) is 6.20 Å². The maximum Gasteiger partial charge on any atom is 0.274 e. The molecular weight excluding hydrogens is 302 g/mol. The van der Waals surface area contributed by atoms with E-state index in [0.717, 1.165) is 30.4 Å². The predicted molar refractivity (Wildman–Crippen MR) is 90.6 cm³/mol. The molecule has 6 heteroatoms. The van der Waals surface area contributed by atoms with E-state index in [1.807, 2.05) is 53.3 Å². The van der Waals surface area contributed by atoms with Gasteiger partial charge in [-0.15, -0.1) is 0 Å². The number of carbonyl (C=O) groups excluding carboxylic acids is 1. The maximum absolute atomic E-state index is 12.8. The lowest BCUT2D eigenvalue weighted by molar-refractivity contribution is 0.0701. The van der Waals surface area contributed by atoms with Gasteiger partial charge in [-0.05, 0) is 30.5 Å². The third-order valence-electron chi connectivity index (χ3n) is 4.57. The Kier molecular flexibility index (Phi) is 3.72. The minimum absolute atomic E-state index is 0.0400. The van der Waals surface area contributed by atoms with E-state index >= 15 is 0 Å². The van der Waals surface area contributed by atoms with E-state index in [4.69, 9.17) is 0 Å². The van der Waals surface area contributed by atoms with Gasteiger partial charge < -0.3 is 4.90 Å². The largest absolute Gasteiger partial charge is 0.337 e. The van der Waals surface area contributed by atoms with E-state index in [0.29, 0.717) is 18.2 Å². The van der Waals surface area contributed by atoms with Crippen molar-refractivity contribution in [2.75, 3.05) is 13.1 Å². The SMILES string of the molecule is Cn1cc(C2CCCN(C(=O)c3cnc4ccccc4n3)C2)cn1. The summed E-state index contributed by atoms with van der Waals surface area (Å²) in [6.45, 7) is 1.48. The Labute approximate surface area is 140 Å². The number of aryl methyl sites for hydroxylation is 1. The molecule has 1 aromatic carbocycles. The monoisotopic (exact) mass is 321 g/mol. The van der Waals surface area contributed by atoms with Crippen molar-refractivity contribution in [1.29, 1.82) is 0 Å². The van der Waals surface area contributed by atoms with Gasteiger partial charge in [0.2, 0.25) is 0 Å². The van der Waals surface area contributed by atoms with Crippen LogP contribution in [0.5, 0.6) is 0 Å². The van der Waals surface area contributed by atoms with Crippen LogP contribution in [0.4, 0.5) is 0 Å². The molecule has 24 heavy (non-hydrogen) atoms. The first kappa shape index (κ1) is 14.8. The summed E-state index contributed by atoms with van der Waals surface area (Å²) in [4.78, 5) is 23.6. The molecule has 0 spiro atoms. The Morgan fingerprint density at radius 2 is 2.04 bits per heavy atom. The van der Waals surface area contributed by atoms with Crippen LogP contribution < -0.4 is 0 Å². The zero-order valence-electron chi connectivity index (χ0n) is 13.6. The molecule has 122 valence electrons. The van der Waals surface area contributed by atoms with Crippen LogP contribution in [-0.2, 0) is 7.05 Å². The van der Waals surface area contributed by atoms with Crippen molar-refractivity contribution in [1.82, 2.24) is 24.6 Å². The van der Waals surface area contributed by atoms with E-state index in [-0.39, 0.29) is 5.91 Å². The molecule has 1 aliphatic rings. The molecule has 0 bridgehead atoms. The van der Waals surface area contributed by atoms with Crippen molar-refractivity contribution in [3.05, 3.63) is 54.1 Å². The molecule has 4 rings (SSSR count). The number of aromatic nitrogens is 4. The number of hydrogen-bond donors (Lipinski definition) is 0. The average Bonchev–Trinajstić information content (AvgIpc) is 3.07. The van der Waals surface area contributed by atoms with Gasteiger partial charge >= 0.3 is 0 Å². The third kappa shape index (κ3) is 2.75. The number of piperidine rings is 1. The van der Waals surface area contributed by atoms with Crippen LogP contribution in [0.2, 0.25) is 0 Å². The van der Waals surface area contributed by atoms with Crippen LogP contribution in [-0.4, -0.2) is 43.6 Å². The standard InChI is InChI=1S/C18H19N5O/c1-22-11-14(9-20-22)13-5-4-8-23(12-13)18(24)17-10-19-15-6-2-3-7-16(15)21-17/h2-3,6-7,9-11,13H,4-5,8,12H2,1H3. The molecule has 0 radical (unpaired) electrons. The van der Waals surface area contributed by atoms with Crippen LogP contribution in [0, 0.1) is 0 Å². The number of para-hydroxylation sites is 2. The number of amides is 1. The van der Waals surface area contributed by atoms with Crippen molar-refractivity contribution >= 4 is 16.9 Å². The molecule has 3 heterocycles. The van der Waals surface area contributed by atoms with Crippen LogP contribution in [0.15, 0.2) is 42.9 Å². The second kappa shape index (κ2) is 6.03. The summed E-state index contributed by atoms with van der Waals surface area (Å²) in [5.41, 5.74) is 3.17. The van der Waals surface area contributed by atoms with Crippen molar-refractivity contribution in [3.63, 3.8) is 0 Å². The lowest BCUT2D eigenvalue weighted by atomic mass is 9.92. The molecule has 1 amide bonds. The third-order valence-corrected chi connectivity index (χ3v) is 4.57. The Hall–Kier alpha value is -2.76. The minimum atomic E-state index is -0.0400. The topological polar surface area (TPSA) is 63.9 Å². The Morgan fingerprint density at radius 1 is 1.21 bits per heavy atom. The van der Waals surface area contributed by atoms with Crippen molar-refractivity contribution in [2.24, 2.45) is 7.05 Å². The summed E-state index contributed by atoms with van der Waals surface area (Å²) in [6.07, 6.45) is 7.59. The lowest BCUT2D eigenvalue weighted by Gasteiger charge is -2.32. The van der Waals surface area contributed by atoms with Gasteiger partial charge in [0.05, 0.1) is 23.4 Å². The second-order valence-corrected chi connectivity index (χ2v) is 6.28. The summed E-state index contributed by atoms with van der Waals surface area (Å²) < 4.78 is 1.81. The van der Waals surface area contributed by atoms with E-state index in [2.05, 4.69) is 15.1 Å². The van der Waals surface area contributed by atoms with Gasteiger partial charge in [0, 0.05) is 32.3 Å². The Balaban J connectivity index is 1.56. The number of carbonyl (C=O) groups is 1. The molecule has 6 nitrogen and oxygen atoms in total. The Morgan fingerprint density at radius 3 is 2.83 bits per heavy atom. The predicted octanol–water partition coefficient (Wildman–Crippen LogP) is 2.38. The summed E-state index contributed by atoms with van der Waals surface area (Å²) in [6, 6.07) is 7.61. The van der Waals surface area contributed by atoms with Crippen molar-refractivity contribution < 1.29 is 4.79 Å². The van der Waals surface area contributed by atoms with Crippen molar-refractivity contribution in [2.45, 2.75) is 18.8 Å². The first-order valence-electron chi connectivity index (χ1n) is 8.20. The quantitative estimate of drug-likeness (QED) is 0.727. The zero-order chi connectivity index (χ0) is 16.5. The van der Waals surface area contributed by atoms with Crippen LogP contribution in [0.1, 0.15) is 34.8 Å². The van der Waals surface area contributed by atoms with Gasteiger partial charge in [-0.2, -0.15) is 5.10 Å². The molecule has 2 aromatic heterocycles. The first-order valence-corrected chi connectivity index (χ1v) is 8.20. The van der Waals surface area contributed by atoms with Gasteiger partial charge in [0.25, 0.3) is 5.91 Å². The fraction of sp³-hybridized carbons (Fsp3) is 0.333. The van der Waals surface area contributed by atoms with Crippen molar-refractivity contribution in [3.8, 4) is 0 Å². The molecule has 1 fully saturated rings. The highest BCUT2D eigenvalue weighted by Crippen LogP contribution is 2.27. The number of hydrogen-bond acceptors (Lipinski definition) is 4. The molecule has 0 N–H and O–H groups in total. The molecule has 3 aromatic rings. The second-order valence-electron chi connectivity index (χ2n) is 6.28. The molecule has 1 saturated heterocycles. The van der Waals surface area contributed by atoms with Crippen LogP contribution >= 0.6 is 0 Å². The normalized spacial score (nSPS) is 18.0. The zero-order valence-corrected chi connectivity index (χ0v) is 13.6. The molecule has 1 atom stereocenters. The molecule has 0 aliphatic carbocycles. The Bertz CT molecular complexity index is 888. The number of benzene rings is 1. The van der Waals surface area contributed by atoms with E-state index in [1.165, 1.54) is 5.56 Å². The summed E-state index contributed by atoms with van der Waals surface area (Å²) >= 11 is 0. The summed E-state index contributed by atoms with van der Waals surface area (Å²) in [5, 5.41) is 4.24. The molecule has 1 aliphatic heterocycles. The lowest BCUT2D eigenvalue weighted by Crippen LogP contribution is -2.39. The molecule has 0 saturated carbocycles.